The van der Waals surface area contributed by atoms with Crippen molar-refractivity contribution in [3.63, 3.8) is 0 Å². The Morgan fingerprint density at radius 1 is 1.00 bits per heavy atom. The highest BCUT2D eigenvalue weighted by Gasteiger charge is 2.16. The van der Waals surface area contributed by atoms with Gasteiger partial charge in [-0.05, 0) is 18.0 Å². The number of alkyl halides is 1. The number of likely N-dealkylation sites (N-methyl/N-ethyl adjacent to an activating group) is 1. The minimum atomic E-state index is 0.593. The number of hydrogen-bond donors (Lipinski definition) is 0. The molecule has 1 aromatic rings. The van der Waals surface area contributed by atoms with Crippen LogP contribution in [0.15, 0.2) is 30.3 Å². The average molecular weight is 326 g/mol. The molecule has 1 rings (SSSR count). The molecule has 1 atom stereocenters. The number of benzene rings is 1. The van der Waals surface area contributed by atoms with Crippen molar-refractivity contribution in [1.82, 2.24) is 4.90 Å². The minimum absolute atomic E-state index is 0.593. The summed E-state index contributed by atoms with van der Waals surface area (Å²) in [5, 5.41) is 1.04. The van der Waals surface area contributed by atoms with Crippen LogP contribution in [0.2, 0.25) is 0 Å². The van der Waals surface area contributed by atoms with Crippen LogP contribution in [0.4, 0.5) is 0 Å². The smallest absolute Gasteiger partial charge is 0.0112 e. The third-order valence-electron chi connectivity index (χ3n) is 4.05. The summed E-state index contributed by atoms with van der Waals surface area (Å²) in [6, 6.07) is 10.9. The summed E-state index contributed by atoms with van der Waals surface area (Å²) in [6.45, 7) is 10.4. The van der Waals surface area contributed by atoms with Crippen molar-refractivity contribution in [2.75, 3.05) is 25.0 Å². The van der Waals surface area contributed by atoms with E-state index in [1.54, 1.807) is 0 Å². The van der Waals surface area contributed by atoms with Crippen LogP contribution in [0.3, 0.4) is 0 Å². The molecule has 0 saturated carbocycles. The van der Waals surface area contributed by atoms with Gasteiger partial charge in [0.25, 0.3) is 0 Å². The van der Waals surface area contributed by atoms with Gasteiger partial charge in [0.1, 0.15) is 0 Å². The quantitative estimate of drug-likeness (QED) is 0.582. The summed E-state index contributed by atoms with van der Waals surface area (Å²) in [5.74, 6) is 1.43. The van der Waals surface area contributed by atoms with Crippen molar-refractivity contribution in [2.24, 2.45) is 5.92 Å². The fourth-order valence-electron chi connectivity index (χ4n) is 2.52. The van der Waals surface area contributed by atoms with Crippen LogP contribution >= 0.6 is 15.9 Å². The van der Waals surface area contributed by atoms with Crippen LogP contribution in [-0.4, -0.2) is 29.9 Å². The minimum Gasteiger partial charge on any atom is -0.303 e. The molecule has 0 N–H and O–H groups in total. The molecule has 0 spiro atoms. The topological polar surface area (TPSA) is 3.24 Å². The van der Waals surface area contributed by atoms with Crippen molar-refractivity contribution in [1.29, 1.82) is 0 Å². The Kier molecular flexibility index (Phi) is 8.40. The molecule has 0 amide bonds. The van der Waals surface area contributed by atoms with E-state index in [0.29, 0.717) is 5.92 Å². The lowest BCUT2D eigenvalue weighted by atomic mass is 9.98. The van der Waals surface area contributed by atoms with E-state index in [1.807, 2.05) is 0 Å². The SMILES string of the molecule is CCC(CC)CN(CC)CC(CBr)c1ccccc1. The van der Waals surface area contributed by atoms with Gasteiger partial charge in [-0.15, -0.1) is 0 Å². The van der Waals surface area contributed by atoms with Crippen molar-refractivity contribution in [2.45, 2.75) is 39.5 Å². The Bertz CT molecular complexity index is 321. The Morgan fingerprint density at radius 2 is 1.63 bits per heavy atom. The summed E-state index contributed by atoms with van der Waals surface area (Å²) in [6.07, 6.45) is 2.58. The van der Waals surface area contributed by atoms with E-state index in [1.165, 1.54) is 24.9 Å². The molecule has 0 saturated heterocycles. The molecule has 0 aromatic heterocycles. The van der Waals surface area contributed by atoms with E-state index in [4.69, 9.17) is 0 Å². The standard InChI is InChI=1S/C17H28BrN/c1-4-15(5-2)13-19(6-3)14-17(12-18)16-10-8-7-9-11-16/h7-11,15,17H,4-6,12-14H2,1-3H3. The van der Waals surface area contributed by atoms with Gasteiger partial charge in [-0.2, -0.15) is 0 Å². The summed E-state index contributed by atoms with van der Waals surface area (Å²) in [4.78, 5) is 2.61. The molecule has 0 bridgehead atoms. The number of halogens is 1. The number of rotatable bonds is 9. The maximum absolute atomic E-state index is 3.68. The van der Waals surface area contributed by atoms with E-state index in [2.05, 4.69) is 71.9 Å². The normalized spacial score (nSPS) is 13.2. The van der Waals surface area contributed by atoms with Gasteiger partial charge < -0.3 is 4.90 Å². The third-order valence-corrected chi connectivity index (χ3v) is 4.84. The predicted molar refractivity (Wildman–Crippen MR) is 89.2 cm³/mol. The highest BCUT2D eigenvalue weighted by molar-refractivity contribution is 9.09. The first-order valence-corrected chi connectivity index (χ1v) is 8.70. The van der Waals surface area contributed by atoms with Gasteiger partial charge in [-0.1, -0.05) is 79.9 Å². The van der Waals surface area contributed by atoms with Crippen LogP contribution in [0, 0.1) is 5.92 Å². The molecule has 0 aliphatic rings. The van der Waals surface area contributed by atoms with Crippen LogP contribution in [0.1, 0.15) is 45.1 Å². The summed E-state index contributed by atoms with van der Waals surface area (Å²) in [7, 11) is 0. The maximum Gasteiger partial charge on any atom is 0.0112 e. The van der Waals surface area contributed by atoms with E-state index in [0.717, 1.165) is 24.3 Å². The Morgan fingerprint density at radius 3 is 2.11 bits per heavy atom. The van der Waals surface area contributed by atoms with Gasteiger partial charge in [-0.25, -0.2) is 0 Å². The van der Waals surface area contributed by atoms with E-state index >= 15 is 0 Å². The van der Waals surface area contributed by atoms with Crippen molar-refractivity contribution >= 4 is 15.9 Å². The zero-order valence-corrected chi connectivity index (χ0v) is 14.2. The van der Waals surface area contributed by atoms with Crippen LogP contribution in [0.25, 0.3) is 0 Å². The average Bonchev–Trinajstić information content (AvgIpc) is 2.48. The van der Waals surface area contributed by atoms with Crippen molar-refractivity contribution in [3.05, 3.63) is 35.9 Å². The fraction of sp³-hybridized carbons (Fsp3) is 0.647. The molecule has 0 radical (unpaired) electrons. The fourth-order valence-corrected chi connectivity index (χ4v) is 3.10. The highest BCUT2D eigenvalue weighted by atomic mass is 79.9. The zero-order valence-electron chi connectivity index (χ0n) is 12.6. The van der Waals surface area contributed by atoms with Gasteiger partial charge in [0, 0.05) is 24.3 Å². The van der Waals surface area contributed by atoms with Gasteiger partial charge in [-0.3, -0.25) is 0 Å². The second-order valence-electron chi connectivity index (χ2n) is 5.30. The first kappa shape index (κ1) is 16.7. The summed E-state index contributed by atoms with van der Waals surface area (Å²) < 4.78 is 0. The first-order chi connectivity index (χ1) is 9.24. The first-order valence-electron chi connectivity index (χ1n) is 7.58. The van der Waals surface area contributed by atoms with Gasteiger partial charge in [0.05, 0.1) is 0 Å². The molecule has 0 heterocycles. The van der Waals surface area contributed by atoms with Crippen LogP contribution in [-0.2, 0) is 0 Å². The van der Waals surface area contributed by atoms with Crippen LogP contribution in [0.5, 0.6) is 0 Å². The maximum atomic E-state index is 3.68. The van der Waals surface area contributed by atoms with E-state index in [9.17, 15) is 0 Å². The molecular formula is C17H28BrN. The molecule has 108 valence electrons. The van der Waals surface area contributed by atoms with Crippen LogP contribution < -0.4 is 0 Å². The largest absolute Gasteiger partial charge is 0.303 e. The van der Waals surface area contributed by atoms with Gasteiger partial charge >= 0.3 is 0 Å². The lowest BCUT2D eigenvalue weighted by molar-refractivity contribution is 0.225. The third kappa shape index (κ3) is 5.66. The second-order valence-corrected chi connectivity index (χ2v) is 5.94. The van der Waals surface area contributed by atoms with E-state index in [-0.39, 0.29) is 0 Å². The van der Waals surface area contributed by atoms with Gasteiger partial charge in [0.15, 0.2) is 0 Å². The Labute approximate surface area is 127 Å². The Balaban J connectivity index is 2.62. The number of nitrogens with zero attached hydrogens (tertiary/aromatic N) is 1. The monoisotopic (exact) mass is 325 g/mol. The molecule has 1 aromatic carbocycles. The predicted octanol–water partition coefficient (Wildman–Crippen LogP) is 4.92. The summed E-state index contributed by atoms with van der Waals surface area (Å²) >= 11 is 3.68. The molecular weight excluding hydrogens is 298 g/mol. The molecule has 1 unspecified atom stereocenters. The lowest BCUT2D eigenvalue weighted by Gasteiger charge is -2.29. The Hall–Kier alpha value is -0.340. The molecule has 0 aliphatic carbocycles. The molecule has 0 fully saturated rings. The molecule has 19 heavy (non-hydrogen) atoms. The highest BCUT2D eigenvalue weighted by Crippen LogP contribution is 2.20. The molecule has 0 aliphatic heterocycles. The zero-order chi connectivity index (χ0) is 14.1. The van der Waals surface area contributed by atoms with Crippen molar-refractivity contribution < 1.29 is 0 Å². The molecule has 2 heteroatoms. The lowest BCUT2D eigenvalue weighted by Crippen LogP contribution is -2.33. The van der Waals surface area contributed by atoms with E-state index < -0.39 is 0 Å². The number of hydrogen-bond acceptors (Lipinski definition) is 1. The van der Waals surface area contributed by atoms with Gasteiger partial charge in [0.2, 0.25) is 0 Å². The van der Waals surface area contributed by atoms with Crippen molar-refractivity contribution in [3.8, 4) is 0 Å². The second kappa shape index (κ2) is 9.55. The molecule has 1 nitrogen and oxygen atoms in total. The summed E-state index contributed by atoms with van der Waals surface area (Å²) in [5.41, 5.74) is 1.45.